The van der Waals surface area contributed by atoms with Crippen molar-refractivity contribution in [1.82, 2.24) is 0 Å². The molecular weight excluding hydrogens is 336 g/mol. The number of esters is 1. The van der Waals surface area contributed by atoms with Crippen LogP contribution in [0.4, 0.5) is 17.6 Å². The summed E-state index contributed by atoms with van der Waals surface area (Å²) in [6.07, 6.45) is -0.433. The maximum absolute atomic E-state index is 14.0. The van der Waals surface area contributed by atoms with Gasteiger partial charge in [0.05, 0.1) is 5.92 Å². The molecule has 0 aliphatic heterocycles. The molecule has 0 aromatic carbocycles. The van der Waals surface area contributed by atoms with E-state index in [1.54, 1.807) is 0 Å². The van der Waals surface area contributed by atoms with Gasteiger partial charge in [-0.2, -0.15) is 8.78 Å². The number of halogens is 4. The summed E-state index contributed by atoms with van der Waals surface area (Å²) in [5.74, 6) is -4.56. The van der Waals surface area contributed by atoms with Gasteiger partial charge < -0.3 is 4.74 Å². The second kappa shape index (κ2) is 5.85. The topological polar surface area (TPSA) is 26.3 Å². The zero-order valence-electron chi connectivity index (χ0n) is 14.6. The molecular formula is C19H26F4O2. The first kappa shape index (κ1) is 17.6. The SMILES string of the molecule is CCC(C)C(=O)OC1CC2CC1C1C3CC(C21)C(C(F)(F)C(F)F)C3. The smallest absolute Gasteiger partial charge is 0.310 e. The van der Waals surface area contributed by atoms with Crippen molar-refractivity contribution in [2.45, 2.75) is 64.4 Å². The van der Waals surface area contributed by atoms with E-state index in [0.717, 1.165) is 19.3 Å². The Hall–Kier alpha value is -0.810. The van der Waals surface area contributed by atoms with Gasteiger partial charge in [0.25, 0.3) is 0 Å². The third kappa shape index (κ3) is 2.45. The third-order valence-corrected chi connectivity index (χ3v) is 7.83. The highest BCUT2D eigenvalue weighted by atomic mass is 19.3. The fraction of sp³-hybridized carbons (Fsp3) is 0.947. The van der Waals surface area contributed by atoms with E-state index in [1.165, 1.54) is 0 Å². The molecule has 4 rings (SSSR count). The molecule has 9 atom stereocenters. The van der Waals surface area contributed by atoms with E-state index in [0.29, 0.717) is 12.3 Å². The summed E-state index contributed by atoms with van der Waals surface area (Å²) < 4.78 is 59.3. The van der Waals surface area contributed by atoms with Gasteiger partial charge in [0, 0.05) is 5.92 Å². The maximum Gasteiger partial charge on any atom is 0.310 e. The molecule has 0 saturated heterocycles. The third-order valence-electron chi connectivity index (χ3n) is 7.83. The molecule has 0 amide bonds. The number of hydrogen-bond acceptors (Lipinski definition) is 2. The first-order valence-corrected chi connectivity index (χ1v) is 9.62. The first-order valence-electron chi connectivity index (χ1n) is 9.62. The van der Waals surface area contributed by atoms with Crippen LogP contribution in [0.2, 0.25) is 0 Å². The number of rotatable bonds is 5. The Balaban J connectivity index is 1.47. The molecule has 4 fully saturated rings. The quantitative estimate of drug-likeness (QED) is 0.400. The van der Waals surface area contributed by atoms with Crippen LogP contribution in [0.5, 0.6) is 0 Å². The van der Waals surface area contributed by atoms with E-state index in [9.17, 15) is 22.4 Å². The minimum Gasteiger partial charge on any atom is -0.462 e. The van der Waals surface area contributed by atoms with Crippen molar-refractivity contribution in [3.63, 3.8) is 0 Å². The van der Waals surface area contributed by atoms with Crippen LogP contribution in [0, 0.1) is 47.3 Å². The van der Waals surface area contributed by atoms with Gasteiger partial charge in [0.15, 0.2) is 0 Å². The van der Waals surface area contributed by atoms with Crippen molar-refractivity contribution < 1.29 is 27.1 Å². The van der Waals surface area contributed by atoms with Gasteiger partial charge in [0.1, 0.15) is 6.10 Å². The van der Waals surface area contributed by atoms with Crippen LogP contribution in [-0.2, 0) is 9.53 Å². The molecule has 142 valence electrons. The van der Waals surface area contributed by atoms with E-state index in [1.807, 2.05) is 13.8 Å². The van der Waals surface area contributed by atoms with Crippen LogP contribution in [0.1, 0.15) is 46.0 Å². The Bertz CT molecular complexity index is 552. The highest BCUT2D eigenvalue weighted by molar-refractivity contribution is 5.72. The molecule has 4 saturated carbocycles. The van der Waals surface area contributed by atoms with Crippen LogP contribution >= 0.6 is 0 Å². The summed E-state index contributed by atoms with van der Waals surface area (Å²) in [6, 6.07) is 0. The van der Waals surface area contributed by atoms with Crippen LogP contribution < -0.4 is 0 Å². The van der Waals surface area contributed by atoms with Crippen LogP contribution in [0.3, 0.4) is 0 Å². The van der Waals surface area contributed by atoms with Crippen molar-refractivity contribution in [3.05, 3.63) is 0 Å². The predicted molar refractivity (Wildman–Crippen MR) is 83.2 cm³/mol. The van der Waals surface area contributed by atoms with E-state index >= 15 is 0 Å². The van der Waals surface area contributed by atoms with Crippen LogP contribution in [0.25, 0.3) is 0 Å². The Morgan fingerprint density at radius 1 is 1.08 bits per heavy atom. The highest BCUT2D eigenvalue weighted by Gasteiger charge is 2.69. The molecule has 0 heterocycles. The molecule has 6 heteroatoms. The van der Waals surface area contributed by atoms with Gasteiger partial charge in [0.2, 0.25) is 0 Å². The van der Waals surface area contributed by atoms with Crippen LogP contribution in [0.15, 0.2) is 0 Å². The molecule has 4 aliphatic rings. The Morgan fingerprint density at radius 2 is 1.68 bits per heavy atom. The average Bonchev–Trinajstić information content (AvgIpc) is 3.30. The van der Waals surface area contributed by atoms with E-state index in [-0.39, 0.29) is 54.0 Å². The lowest BCUT2D eigenvalue weighted by Crippen LogP contribution is -2.46. The first-order chi connectivity index (χ1) is 11.8. The van der Waals surface area contributed by atoms with Crippen molar-refractivity contribution in [1.29, 1.82) is 0 Å². The number of alkyl halides is 4. The second-order valence-electron chi connectivity index (χ2n) is 8.81. The second-order valence-corrected chi connectivity index (χ2v) is 8.81. The molecule has 9 unspecified atom stereocenters. The van der Waals surface area contributed by atoms with Gasteiger partial charge in [-0.25, -0.2) is 8.78 Å². The average molecular weight is 362 g/mol. The van der Waals surface area contributed by atoms with Gasteiger partial charge in [-0.15, -0.1) is 0 Å². The normalized spacial score (nSPS) is 45.9. The highest BCUT2D eigenvalue weighted by Crippen LogP contribution is 2.71. The summed E-state index contributed by atoms with van der Waals surface area (Å²) in [7, 11) is 0. The summed E-state index contributed by atoms with van der Waals surface area (Å²) in [5.41, 5.74) is 0. The van der Waals surface area contributed by atoms with Crippen molar-refractivity contribution in [2.24, 2.45) is 47.3 Å². The lowest BCUT2D eigenvalue weighted by molar-refractivity contribution is -0.188. The largest absolute Gasteiger partial charge is 0.462 e. The van der Waals surface area contributed by atoms with Crippen LogP contribution in [-0.4, -0.2) is 24.4 Å². The minimum atomic E-state index is -3.87. The fourth-order valence-corrected chi connectivity index (χ4v) is 6.71. The Morgan fingerprint density at radius 3 is 2.32 bits per heavy atom. The van der Waals surface area contributed by atoms with Gasteiger partial charge in [-0.3, -0.25) is 4.79 Å². The van der Waals surface area contributed by atoms with E-state index in [2.05, 4.69) is 0 Å². The number of hydrogen-bond donors (Lipinski definition) is 0. The maximum atomic E-state index is 14.0. The summed E-state index contributed by atoms with van der Waals surface area (Å²) in [5, 5.41) is 0. The standard InChI is InChI=1S/C19H26F4O2/c1-3-8(2)17(24)25-14-7-10-5-12(14)16-9-4-11(15(10)16)13(6-9)19(22,23)18(20)21/h8-16,18H,3-7H2,1-2H3. The minimum absolute atomic E-state index is 0.0961. The summed E-state index contributed by atoms with van der Waals surface area (Å²) in [6.45, 7) is 3.80. The molecule has 25 heavy (non-hydrogen) atoms. The lowest BCUT2D eigenvalue weighted by atomic mass is 9.65. The monoisotopic (exact) mass is 362 g/mol. The zero-order chi connectivity index (χ0) is 18.1. The summed E-state index contributed by atoms with van der Waals surface area (Å²) in [4.78, 5) is 12.1. The molecule has 4 aliphatic carbocycles. The van der Waals surface area contributed by atoms with Gasteiger partial charge >= 0.3 is 18.3 Å². The molecule has 0 aromatic rings. The summed E-state index contributed by atoms with van der Waals surface area (Å²) >= 11 is 0. The Kier molecular flexibility index (Phi) is 4.12. The molecule has 0 radical (unpaired) electrons. The van der Waals surface area contributed by atoms with Crippen molar-refractivity contribution >= 4 is 5.97 Å². The van der Waals surface area contributed by atoms with Gasteiger partial charge in [-0.05, 0) is 67.6 Å². The van der Waals surface area contributed by atoms with E-state index < -0.39 is 18.3 Å². The lowest BCUT2D eigenvalue weighted by Gasteiger charge is -2.43. The predicted octanol–water partition coefficient (Wildman–Crippen LogP) is 4.77. The van der Waals surface area contributed by atoms with Gasteiger partial charge in [-0.1, -0.05) is 13.8 Å². The molecule has 0 spiro atoms. The number of carbonyl (C=O) groups is 1. The molecule has 0 N–H and O–H groups in total. The number of fused-ring (bicyclic) bond motifs is 9. The number of carbonyl (C=O) groups excluding carboxylic acids is 1. The van der Waals surface area contributed by atoms with Crippen molar-refractivity contribution in [3.8, 4) is 0 Å². The Labute approximate surface area is 145 Å². The zero-order valence-corrected chi connectivity index (χ0v) is 14.6. The molecule has 0 aromatic heterocycles. The molecule has 4 bridgehead atoms. The van der Waals surface area contributed by atoms with Crippen molar-refractivity contribution in [2.75, 3.05) is 0 Å². The van der Waals surface area contributed by atoms with E-state index in [4.69, 9.17) is 4.74 Å². The molecule has 2 nitrogen and oxygen atoms in total. The number of ether oxygens (including phenoxy) is 1. The fourth-order valence-electron chi connectivity index (χ4n) is 6.71.